The van der Waals surface area contributed by atoms with Gasteiger partial charge in [0, 0.05) is 15.9 Å². The topological polar surface area (TPSA) is 55.2 Å². The predicted molar refractivity (Wildman–Crippen MR) is 122 cm³/mol. The number of halogens is 1. The Hall–Kier alpha value is -1.80. The van der Waals surface area contributed by atoms with Crippen molar-refractivity contribution in [3.63, 3.8) is 0 Å². The SMILES string of the molecule is CB(Cc1ccccc1)N(c1nn(C(C)C)c2c(Br)ccc(C)c12)S(C)(=O)=O. The first-order valence-corrected chi connectivity index (χ1v) is 12.0. The van der Waals surface area contributed by atoms with Crippen LogP contribution in [-0.2, 0) is 16.3 Å². The first kappa shape index (κ1) is 20.9. The fraction of sp³-hybridized carbons (Fsp3) is 0.350. The summed E-state index contributed by atoms with van der Waals surface area (Å²) in [5.41, 5.74) is 3.01. The van der Waals surface area contributed by atoms with Gasteiger partial charge < -0.3 is 0 Å². The molecule has 0 bridgehead atoms. The van der Waals surface area contributed by atoms with E-state index < -0.39 is 10.0 Å². The van der Waals surface area contributed by atoms with Crippen molar-refractivity contribution in [3.05, 3.63) is 58.1 Å². The maximum absolute atomic E-state index is 12.8. The standard InChI is InChI=1S/C20H25BBrN3O2S/c1-14(2)24-19-17(22)12-11-15(3)18(19)20(23-24)25(28(5,26)27)21(4)13-16-9-7-6-8-10-16/h6-12,14H,13H2,1-5H3. The Morgan fingerprint density at radius 2 is 1.82 bits per heavy atom. The number of hydrogen-bond donors (Lipinski definition) is 0. The highest BCUT2D eigenvalue weighted by Gasteiger charge is 2.32. The Morgan fingerprint density at radius 1 is 1.18 bits per heavy atom. The Bertz CT molecular complexity index is 1100. The van der Waals surface area contributed by atoms with E-state index in [1.54, 1.807) is 0 Å². The second kappa shape index (κ2) is 7.91. The van der Waals surface area contributed by atoms with Crippen LogP contribution in [0.15, 0.2) is 46.9 Å². The molecule has 0 aliphatic rings. The van der Waals surface area contributed by atoms with Gasteiger partial charge in [-0.25, -0.2) is 8.42 Å². The second-order valence-electron chi connectivity index (χ2n) is 7.55. The summed E-state index contributed by atoms with van der Waals surface area (Å²) in [7, 11) is -3.53. The van der Waals surface area contributed by atoms with Crippen molar-refractivity contribution in [1.82, 2.24) is 9.78 Å². The first-order chi connectivity index (χ1) is 13.1. The molecule has 0 amide bonds. The van der Waals surface area contributed by atoms with E-state index in [1.165, 1.54) is 10.5 Å². The van der Waals surface area contributed by atoms with E-state index in [0.717, 1.165) is 26.5 Å². The van der Waals surface area contributed by atoms with Crippen LogP contribution < -0.4 is 4.22 Å². The predicted octanol–water partition coefficient (Wildman–Crippen LogP) is 4.86. The molecule has 0 spiro atoms. The average Bonchev–Trinajstić information content (AvgIpc) is 2.99. The Kier molecular flexibility index (Phi) is 5.91. The molecule has 2 aromatic carbocycles. The molecule has 0 N–H and O–H groups in total. The summed E-state index contributed by atoms with van der Waals surface area (Å²) in [6.45, 7) is 7.75. The van der Waals surface area contributed by atoms with E-state index in [2.05, 4.69) is 15.9 Å². The summed E-state index contributed by atoms with van der Waals surface area (Å²) in [4.78, 5) is 0. The molecule has 0 aliphatic carbocycles. The third-order valence-corrected chi connectivity index (χ3v) is 6.71. The number of fused-ring (bicyclic) bond motifs is 1. The lowest BCUT2D eigenvalue weighted by atomic mass is 9.60. The summed E-state index contributed by atoms with van der Waals surface area (Å²) < 4.78 is 30.0. The zero-order valence-electron chi connectivity index (χ0n) is 16.8. The zero-order valence-corrected chi connectivity index (χ0v) is 19.3. The molecule has 3 aromatic rings. The molecule has 1 aromatic heterocycles. The van der Waals surface area contributed by atoms with E-state index in [9.17, 15) is 8.42 Å². The molecule has 1 heterocycles. The molecule has 0 unspecified atom stereocenters. The van der Waals surface area contributed by atoms with Crippen LogP contribution in [0.3, 0.4) is 0 Å². The van der Waals surface area contributed by atoms with Gasteiger partial charge in [0.15, 0.2) is 5.82 Å². The van der Waals surface area contributed by atoms with Gasteiger partial charge in [-0.05, 0) is 54.7 Å². The van der Waals surface area contributed by atoms with Crippen LogP contribution in [0.4, 0.5) is 5.82 Å². The van der Waals surface area contributed by atoms with Crippen LogP contribution in [0.25, 0.3) is 10.9 Å². The smallest absolute Gasteiger partial charge is 0.277 e. The van der Waals surface area contributed by atoms with Crippen LogP contribution in [0, 0.1) is 6.92 Å². The van der Waals surface area contributed by atoms with E-state index in [4.69, 9.17) is 5.10 Å². The van der Waals surface area contributed by atoms with Gasteiger partial charge in [-0.1, -0.05) is 48.8 Å². The summed E-state index contributed by atoms with van der Waals surface area (Å²) in [5.74, 6) is 0.494. The van der Waals surface area contributed by atoms with Gasteiger partial charge in [0.2, 0.25) is 10.0 Å². The van der Waals surface area contributed by atoms with E-state index in [0.29, 0.717) is 12.1 Å². The lowest BCUT2D eigenvalue weighted by Gasteiger charge is -2.26. The van der Waals surface area contributed by atoms with Crippen molar-refractivity contribution in [1.29, 1.82) is 0 Å². The highest BCUT2D eigenvalue weighted by Crippen LogP contribution is 2.37. The fourth-order valence-electron chi connectivity index (χ4n) is 3.63. The van der Waals surface area contributed by atoms with Crippen molar-refractivity contribution >= 4 is 49.5 Å². The van der Waals surface area contributed by atoms with E-state index in [-0.39, 0.29) is 12.9 Å². The summed E-state index contributed by atoms with van der Waals surface area (Å²) >= 11 is 3.63. The maximum atomic E-state index is 12.8. The van der Waals surface area contributed by atoms with Gasteiger partial charge in [-0.15, -0.1) is 0 Å². The number of rotatable bonds is 6. The molecule has 148 valence electrons. The quantitative estimate of drug-likeness (QED) is 0.492. The normalized spacial score (nSPS) is 12.0. The molecule has 0 saturated carbocycles. The second-order valence-corrected chi connectivity index (χ2v) is 10.3. The van der Waals surface area contributed by atoms with Crippen LogP contribution in [0.5, 0.6) is 0 Å². The van der Waals surface area contributed by atoms with Crippen molar-refractivity contribution in [3.8, 4) is 0 Å². The van der Waals surface area contributed by atoms with Gasteiger partial charge in [0.1, 0.15) is 0 Å². The third kappa shape index (κ3) is 3.98. The number of hydrogen-bond acceptors (Lipinski definition) is 3. The average molecular weight is 462 g/mol. The van der Waals surface area contributed by atoms with Crippen molar-refractivity contribution < 1.29 is 8.42 Å². The van der Waals surface area contributed by atoms with Crippen molar-refractivity contribution in [2.24, 2.45) is 0 Å². The molecule has 0 fully saturated rings. The van der Waals surface area contributed by atoms with Crippen LogP contribution >= 0.6 is 15.9 Å². The molecular formula is C20H25BBrN3O2S. The fourth-order valence-corrected chi connectivity index (χ4v) is 5.32. The Balaban J connectivity index is 2.22. The molecule has 5 nitrogen and oxygen atoms in total. The Morgan fingerprint density at radius 3 is 2.39 bits per heavy atom. The molecule has 0 atom stereocenters. The van der Waals surface area contributed by atoms with Crippen molar-refractivity contribution in [2.45, 2.75) is 40.0 Å². The van der Waals surface area contributed by atoms with Crippen LogP contribution in [0.1, 0.15) is 31.0 Å². The van der Waals surface area contributed by atoms with E-state index >= 15 is 0 Å². The summed E-state index contributed by atoms with van der Waals surface area (Å²) in [6.07, 6.45) is 1.86. The minimum atomic E-state index is -3.53. The molecular weight excluding hydrogens is 437 g/mol. The molecule has 0 radical (unpaired) electrons. The van der Waals surface area contributed by atoms with Crippen molar-refractivity contribution in [2.75, 3.05) is 10.5 Å². The minimum Gasteiger partial charge on any atom is -0.299 e. The molecule has 0 saturated heterocycles. The number of anilines is 1. The molecule has 8 heteroatoms. The first-order valence-electron chi connectivity index (χ1n) is 9.32. The summed E-state index contributed by atoms with van der Waals surface area (Å²) in [6, 6.07) is 14.0. The van der Waals surface area contributed by atoms with Gasteiger partial charge in [0.25, 0.3) is 6.85 Å². The maximum Gasteiger partial charge on any atom is 0.277 e. The van der Waals surface area contributed by atoms with Gasteiger partial charge in [-0.2, -0.15) is 5.10 Å². The summed E-state index contributed by atoms with van der Waals surface area (Å²) in [5, 5.41) is 5.64. The number of nitrogens with zero attached hydrogens (tertiary/aromatic N) is 3. The molecule has 28 heavy (non-hydrogen) atoms. The lowest BCUT2D eigenvalue weighted by molar-refractivity contribution is 0.550. The van der Waals surface area contributed by atoms with E-state index in [1.807, 2.05) is 74.7 Å². The van der Waals surface area contributed by atoms with Gasteiger partial charge >= 0.3 is 0 Å². The van der Waals surface area contributed by atoms with Crippen LogP contribution in [0.2, 0.25) is 6.82 Å². The Labute approximate surface area is 176 Å². The van der Waals surface area contributed by atoms with Gasteiger partial charge in [0.05, 0.1) is 11.8 Å². The monoisotopic (exact) mass is 461 g/mol. The highest BCUT2D eigenvalue weighted by molar-refractivity contribution is 9.10. The largest absolute Gasteiger partial charge is 0.299 e. The third-order valence-electron chi connectivity index (χ3n) is 4.82. The van der Waals surface area contributed by atoms with Crippen LogP contribution in [-0.4, -0.2) is 31.3 Å². The van der Waals surface area contributed by atoms with Gasteiger partial charge in [-0.3, -0.25) is 8.90 Å². The highest BCUT2D eigenvalue weighted by atomic mass is 79.9. The minimum absolute atomic E-state index is 0.0974. The molecule has 3 rings (SSSR count). The number of sulfonamides is 1. The zero-order chi connectivity index (χ0) is 20.6. The number of benzene rings is 2. The number of aryl methyl sites for hydroxylation is 1. The lowest BCUT2D eigenvalue weighted by Crippen LogP contribution is -2.43. The molecule has 0 aliphatic heterocycles. The number of aromatic nitrogens is 2.